The molecule has 0 spiro atoms. The van der Waals surface area contributed by atoms with E-state index in [0.29, 0.717) is 11.3 Å². The number of hydrogen-bond donors (Lipinski definition) is 1. The van der Waals surface area contributed by atoms with Gasteiger partial charge in [-0.15, -0.1) is 0 Å². The molecule has 0 saturated heterocycles. The van der Waals surface area contributed by atoms with Crippen molar-refractivity contribution in [1.82, 2.24) is 4.90 Å². The van der Waals surface area contributed by atoms with Gasteiger partial charge in [-0.2, -0.15) is 0 Å². The first-order valence-electron chi connectivity index (χ1n) is 8.29. The van der Waals surface area contributed by atoms with E-state index in [1.54, 1.807) is 18.2 Å². The Morgan fingerprint density at radius 2 is 1.68 bits per heavy atom. The molecule has 1 heterocycles. The third-order valence-electron chi connectivity index (χ3n) is 4.72. The molecule has 2 aromatic carbocycles. The van der Waals surface area contributed by atoms with E-state index in [9.17, 15) is 8.42 Å². The van der Waals surface area contributed by atoms with Gasteiger partial charge in [0.25, 0.3) is 0 Å². The van der Waals surface area contributed by atoms with Crippen molar-refractivity contribution in [2.24, 2.45) is 0 Å². The number of nitrogens with zero attached hydrogens (tertiary/aromatic N) is 1. The number of sulfone groups is 1. The Hall–Kier alpha value is -1.89. The van der Waals surface area contributed by atoms with Crippen LogP contribution in [0.1, 0.15) is 16.7 Å². The zero-order chi connectivity index (χ0) is 18.0. The highest BCUT2D eigenvalue weighted by Crippen LogP contribution is 2.33. The number of aliphatic hydroxyl groups excluding tert-OH is 1. The average Bonchev–Trinajstić information content (AvgIpc) is 2.82. The lowest BCUT2D eigenvalue weighted by Gasteiger charge is -2.14. The molecule has 25 heavy (non-hydrogen) atoms. The minimum Gasteiger partial charge on any atom is -0.495 e. The summed E-state index contributed by atoms with van der Waals surface area (Å²) in [7, 11) is -0.115. The highest BCUT2D eigenvalue weighted by Gasteiger charge is 2.25. The van der Waals surface area contributed by atoms with E-state index in [0.717, 1.165) is 37.1 Å². The van der Waals surface area contributed by atoms with Crippen LogP contribution in [0.25, 0.3) is 0 Å². The third-order valence-corrected chi connectivity index (χ3v) is 6.51. The van der Waals surface area contributed by atoms with Crippen LogP contribution in [0.5, 0.6) is 5.75 Å². The number of ether oxygens (including phenoxy) is 1. The molecule has 0 unspecified atom stereocenters. The second-order valence-electron chi connectivity index (χ2n) is 6.38. The number of benzene rings is 2. The maximum absolute atomic E-state index is 13.1. The van der Waals surface area contributed by atoms with Crippen molar-refractivity contribution >= 4 is 9.84 Å². The molecule has 134 valence electrons. The second-order valence-corrected chi connectivity index (χ2v) is 8.30. The van der Waals surface area contributed by atoms with Crippen LogP contribution in [0, 0.1) is 0 Å². The van der Waals surface area contributed by atoms with Gasteiger partial charge in [-0.1, -0.05) is 12.1 Å². The minimum atomic E-state index is -3.69. The number of hydrogen-bond acceptors (Lipinski definition) is 5. The SMILES string of the molecule is COc1cc2c(cc1S(=O)(=O)c1ccc(CO)cc1)CCN(C)CC2. The summed E-state index contributed by atoms with van der Waals surface area (Å²) in [5.41, 5.74) is 2.89. The summed E-state index contributed by atoms with van der Waals surface area (Å²) >= 11 is 0. The highest BCUT2D eigenvalue weighted by molar-refractivity contribution is 7.91. The number of aliphatic hydroxyl groups is 1. The van der Waals surface area contributed by atoms with E-state index in [1.807, 2.05) is 6.07 Å². The first-order valence-corrected chi connectivity index (χ1v) is 9.77. The maximum atomic E-state index is 13.1. The summed E-state index contributed by atoms with van der Waals surface area (Å²) in [5, 5.41) is 9.14. The quantitative estimate of drug-likeness (QED) is 0.903. The fourth-order valence-corrected chi connectivity index (χ4v) is 4.57. The Kier molecular flexibility index (Phi) is 5.13. The van der Waals surface area contributed by atoms with Crippen molar-refractivity contribution in [3.05, 3.63) is 53.1 Å². The van der Waals surface area contributed by atoms with Gasteiger partial charge in [0.15, 0.2) is 0 Å². The van der Waals surface area contributed by atoms with Crippen molar-refractivity contribution in [2.75, 3.05) is 27.2 Å². The van der Waals surface area contributed by atoms with Gasteiger partial charge in [0, 0.05) is 13.1 Å². The smallest absolute Gasteiger partial charge is 0.210 e. The molecule has 0 atom stereocenters. The lowest BCUT2D eigenvalue weighted by atomic mass is 10.0. The largest absolute Gasteiger partial charge is 0.495 e. The molecule has 1 N–H and O–H groups in total. The van der Waals surface area contributed by atoms with Crippen LogP contribution in [-0.4, -0.2) is 45.7 Å². The lowest BCUT2D eigenvalue weighted by Crippen LogP contribution is -2.20. The Labute approximate surface area is 148 Å². The second kappa shape index (κ2) is 7.15. The first kappa shape index (κ1) is 17.9. The lowest BCUT2D eigenvalue weighted by molar-refractivity contribution is 0.282. The zero-order valence-corrected chi connectivity index (χ0v) is 15.3. The Morgan fingerprint density at radius 3 is 2.24 bits per heavy atom. The Bertz CT molecular complexity index is 860. The molecule has 1 aliphatic rings. The van der Waals surface area contributed by atoms with Crippen LogP contribution >= 0.6 is 0 Å². The summed E-state index contributed by atoms with van der Waals surface area (Å²) in [6, 6.07) is 9.93. The molecular formula is C19H23NO4S. The molecule has 0 radical (unpaired) electrons. The summed E-state index contributed by atoms with van der Waals surface area (Å²) in [5.74, 6) is 0.384. The van der Waals surface area contributed by atoms with Crippen molar-refractivity contribution < 1.29 is 18.3 Å². The molecule has 2 aromatic rings. The molecule has 0 aliphatic carbocycles. The predicted molar refractivity (Wildman–Crippen MR) is 95.7 cm³/mol. The maximum Gasteiger partial charge on any atom is 0.210 e. The van der Waals surface area contributed by atoms with E-state index in [2.05, 4.69) is 11.9 Å². The van der Waals surface area contributed by atoms with Crippen LogP contribution in [-0.2, 0) is 29.3 Å². The van der Waals surface area contributed by atoms with E-state index in [4.69, 9.17) is 9.84 Å². The predicted octanol–water partition coefficient (Wildman–Crippen LogP) is 2.05. The van der Waals surface area contributed by atoms with Gasteiger partial charge in [0.2, 0.25) is 9.84 Å². The standard InChI is InChI=1S/C19H23NO4S/c1-20-9-7-15-11-18(24-2)19(12-16(15)8-10-20)25(22,23)17-5-3-14(13-21)4-6-17/h3-6,11-12,21H,7-10,13H2,1-2H3. The number of likely N-dealkylation sites (N-methyl/N-ethyl adjacent to an activating group) is 1. The van der Waals surface area contributed by atoms with Crippen molar-refractivity contribution in [2.45, 2.75) is 29.2 Å². The van der Waals surface area contributed by atoms with Gasteiger partial charge in [0.1, 0.15) is 10.6 Å². The number of rotatable bonds is 4. The zero-order valence-electron chi connectivity index (χ0n) is 14.5. The van der Waals surface area contributed by atoms with Crippen LogP contribution in [0.4, 0.5) is 0 Å². The van der Waals surface area contributed by atoms with Crippen LogP contribution in [0.3, 0.4) is 0 Å². The number of methoxy groups -OCH3 is 1. The monoisotopic (exact) mass is 361 g/mol. The Morgan fingerprint density at radius 1 is 1.08 bits per heavy atom. The normalized spacial score (nSPS) is 15.5. The molecule has 0 bridgehead atoms. The molecule has 5 nitrogen and oxygen atoms in total. The van der Waals surface area contributed by atoms with E-state index in [1.165, 1.54) is 19.2 Å². The van der Waals surface area contributed by atoms with Gasteiger partial charge in [-0.25, -0.2) is 8.42 Å². The fraction of sp³-hybridized carbons (Fsp3) is 0.368. The van der Waals surface area contributed by atoms with E-state index < -0.39 is 9.84 Å². The Balaban J connectivity index is 2.08. The topological polar surface area (TPSA) is 66.8 Å². The van der Waals surface area contributed by atoms with E-state index in [-0.39, 0.29) is 16.4 Å². The van der Waals surface area contributed by atoms with Crippen LogP contribution in [0.15, 0.2) is 46.2 Å². The van der Waals surface area contributed by atoms with Crippen molar-refractivity contribution in [3.63, 3.8) is 0 Å². The fourth-order valence-electron chi connectivity index (χ4n) is 3.11. The van der Waals surface area contributed by atoms with Crippen molar-refractivity contribution in [3.8, 4) is 5.75 Å². The minimum absolute atomic E-state index is 0.115. The molecule has 1 aliphatic heterocycles. The van der Waals surface area contributed by atoms with Gasteiger partial charge in [-0.3, -0.25) is 0 Å². The van der Waals surface area contributed by atoms with Gasteiger partial charge in [0.05, 0.1) is 18.6 Å². The molecule has 0 saturated carbocycles. The highest BCUT2D eigenvalue weighted by atomic mass is 32.2. The van der Waals surface area contributed by atoms with E-state index >= 15 is 0 Å². The van der Waals surface area contributed by atoms with Crippen molar-refractivity contribution in [1.29, 1.82) is 0 Å². The molecule has 6 heteroatoms. The molecule has 3 rings (SSSR count). The third kappa shape index (κ3) is 3.56. The first-order chi connectivity index (χ1) is 12.0. The molecule has 0 fully saturated rings. The summed E-state index contributed by atoms with van der Waals surface area (Å²) < 4.78 is 31.6. The van der Waals surface area contributed by atoms with Crippen LogP contribution < -0.4 is 4.74 Å². The number of fused-ring (bicyclic) bond motifs is 1. The van der Waals surface area contributed by atoms with Gasteiger partial charge < -0.3 is 14.7 Å². The summed E-state index contributed by atoms with van der Waals surface area (Å²) in [6.45, 7) is 1.74. The summed E-state index contributed by atoms with van der Waals surface area (Å²) in [6.07, 6.45) is 1.70. The molecule has 0 aromatic heterocycles. The average molecular weight is 361 g/mol. The van der Waals surface area contributed by atoms with Crippen LogP contribution in [0.2, 0.25) is 0 Å². The molecule has 0 amide bonds. The summed E-state index contributed by atoms with van der Waals surface area (Å²) in [4.78, 5) is 2.65. The van der Waals surface area contributed by atoms with Gasteiger partial charge in [-0.05, 0) is 60.8 Å². The van der Waals surface area contributed by atoms with Gasteiger partial charge >= 0.3 is 0 Å². The molecular weight excluding hydrogens is 338 g/mol.